The average Bonchev–Trinajstić information content (AvgIpc) is 3.28. The van der Waals surface area contributed by atoms with Gasteiger partial charge in [-0.15, -0.1) is 0 Å². The van der Waals surface area contributed by atoms with Crippen molar-refractivity contribution in [3.8, 4) is 17.1 Å². The highest BCUT2D eigenvalue weighted by molar-refractivity contribution is 5.94. The zero-order valence-corrected chi connectivity index (χ0v) is 12.9. The second-order valence-corrected chi connectivity index (χ2v) is 5.77. The maximum absolute atomic E-state index is 5.29. The minimum Gasteiger partial charge on any atom is -0.472 e. The van der Waals surface area contributed by atoms with Crippen molar-refractivity contribution in [3.63, 3.8) is 0 Å². The monoisotopic (exact) mass is 310 g/mol. The molecule has 0 N–H and O–H groups in total. The molecule has 0 saturated carbocycles. The summed E-state index contributed by atoms with van der Waals surface area (Å²) in [4.78, 5) is 4.84. The molecule has 0 unspecified atom stereocenters. The highest BCUT2D eigenvalue weighted by atomic mass is 16.3. The number of furan rings is 1. The van der Waals surface area contributed by atoms with Crippen LogP contribution in [0.5, 0.6) is 0 Å². The van der Waals surface area contributed by atoms with Gasteiger partial charge in [0.2, 0.25) is 0 Å². The van der Waals surface area contributed by atoms with Crippen LogP contribution in [0.1, 0.15) is 0 Å². The lowest BCUT2D eigenvalue weighted by Crippen LogP contribution is -1.98. The van der Waals surface area contributed by atoms with Crippen LogP contribution in [-0.4, -0.2) is 9.55 Å². The molecule has 2 heterocycles. The first-order valence-electron chi connectivity index (χ1n) is 7.90. The van der Waals surface area contributed by atoms with Gasteiger partial charge in [0.05, 0.1) is 28.5 Å². The fourth-order valence-corrected chi connectivity index (χ4v) is 3.26. The van der Waals surface area contributed by atoms with Gasteiger partial charge < -0.3 is 4.42 Å². The first kappa shape index (κ1) is 13.1. The maximum Gasteiger partial charge on any atom is 0.148 e. The number of para-hydroxylation sites is 2. The number of imidazole rings is 1. The molecule has 0 atom stereocenters. The molecule has 0 aliphatic rings. The van der Waals surface area contributed by atoms with E-state index in [4.69, 9.17) is 9.40 Å². The van der Waals surface area contributed by atoms with Gasteiger partial charge in [-0.25, -0.2) is 4.98 Å². The van der Waals surface area contributed by atoms with E-state index >= 15 is 0 Å². The van der Waals surface area contributed by atoms with Crippen molar-refractivity contribution in [1.82, 2.24) is 9.55 Å². The fourth-order valence-electron chi connectivity index (χ4n) is 3.26. The number of hydrogen-bond donors (Lipinski definition) is 0. The van der Waals surface area contributed by atoms with E-state index < -0.39 is 0 Å². The Balaban J connectivity index is 1.93. The van der Waals surface area contributed by atoms with Crippen LogP contribution in [0.15, 0.2) is 89.7 Å². The van der Waals surface area contributed by atoms with Gasteiger partial charge in [-0.05, 0) is 29.7 Å². The quantitative estimate of drug-likeness (QED) is 0.435. The van der Waals surface area contributed by atoms with Crippen LogP contribution in [0.3, 0.4) is 0 Å². The molecule has 0 saturated heterocycles. The predicted octanol–water partition coefficient (Wildman–Crippen LogP) is 5.44. The molecule has 3 nitrogen and oxygen atoms in total. The summed E-state index contributed by atoms with van der Waals surface area (Å²) in [7, 11) is 0. The first-order chi connectivity index (χ1) is 11.9. The van der Waals surface area contributed by atoms with Gasteiger partial charge in [0.1, 0.15) is 12.1 Å². The second-order valence-electron chi connectivity index (χ2n) is 5.77. The summed E-state index contributed by atoms with van der Waals surface area (Å²) in [5.74, 6) is 0.890. The van der Waals surface area contributed by atoms with Crippen molar-refractivity contribution < 1.29 is 4.42 Å². The van der Waals surface area contributed by atoms with Crippen molar-refractivity contribution in [2.75, 3.05) is 0 Å². The topological polar surface area (TPSA) is 31.0 Å². The first-order valence-corrected chi connectivity index (χ1v) is 7.90. The van der Waals surface area contributed by atoms with E-state index in [0.29, 0.717) is 0 Å². The summed E-state index contributed by atoms with van der Waals surface area (Å²) in [6.07, 6.45) is 3.42. The van der Waals surface area contributed by atoms with E-state index in [1.807, 2.05) is 24.3 Å². The summed E-state index contributed by atoms with van der Waals surface area (Å²) in [5.41, 5.74) is 4.16. The number of nitrogens with zero attached hydrogens (tertiary/aromatic N) is 2. The zero-order valence-electron chi connectivity index (χ0n) is 12.9. The van der Waals surface area contributed by atoms with E-state index in [2.05, 4.69) is 53.1 Å². The summed E-state index contributed by atoms with van der Waals surface area (Å²) in [6.45, 7) is 0. The molecular weight excluding hydrogens is 296 g/mol. The SMILES string of the molecule is c1ccc2c(-n3c(-c4ccoc4)nc4ccccc43)cccc2c1. The van der Waals surface area contributed by atoms with Crippen LogP contribution in [0.2, 0.25) is 0 Å². The van der Waals surface area contributed by atoms with Gasteiger partial charge in [0.25, 0.3) is 0 Å². The van der Waals surface area contributed by atoms with Gasteiger partial charge in [-0.2, -0.15) is 0 Å². The van der Waals surface area contributed by atoms with Crippen molar-refractivity contribution in [2.45, 2.75) is 0 Å². The Bertz CT molecular complexity index is 1150. The minimum absolute atomic E-state index is 0.890. The van der Waals surface area contributed by atoms with Crippen molar-refractivity contribution in [3.05, 3.63) is 85.3 Å². The third-order valence-corrected chi connectivity index (χ3v) is 4.35. The van der Waals surface area contributed by atoms with Crippen LogP contribution in [0, 0.1) is 0 Å². The van der Waals surface area contributed by atoms with E-state index in [-0.39, 0.29) is 0 Å². The molecule has 0 spiro atoms. The molecule has 3 aromatic carbocycles. The lowest BCUT2D eigenvalue weighted by atomic mass is 10.1. The van der Waals surface area contributed by atoms with Crippen molar-refractivity contribution in [2.24, 2.45) is 0 Å². The molecule has 5 rings (SSSR count). The molecule has 114 valence electrons. The summed E-state index contributed by atoms with van der Waals surface area (Å²) >= 11 is 0. The smallest absolute Gasteiger partial charge is 0.148 e. The van der Waals surface area contributed by atoms with Crippen LogP contribution < -0.4 is 0 Å². The number of rotatable bonds is 2. The standard InChI is InChI=1S/C21H14N2O/c1-2-8-17-15(6-1)7-5-11-19(17)23-20-10-4-3-9-18(20)22-21(23)16-12-13-24-14-16/h1-14H. The molecule has 0 bridgehead atoms. The lowest BCUT2D eigenvalue weighted by molar-refractivity contribution is 0.568. The average molecular weight is 310 g/mol. The summed E-state index contributed by atoms with van der Waals surface area (Å²) in [5, 5.41) is 2.42. The molecule has 24 heavy (non-hydrogen) atoms. The fraction of sp³-hybridized carbons (Fsp3) is 0. The second kappa shape index (κ2) is 5.10. The number of hydrogen-bond acceptors (Lipinski definition) is 2. The molecule has 2 aromatic heterocycles. The van der Waals surface area contributed by atoms with Gasteiger partial charge in [-0.3, -0.25) is 4.57 Å². The highest BCUT2D eigenvalue weighted by Gasteiger charge is 2.16. The van der Waals surface area contributed by atoms with E-state index in [9.17, 15) is 0 Å². The van der Waals surface area contributed by atoms with Gasteiger partial charge in [0.15, 0.2) is 0 Å². The van der Waals surface area contributed by atoms with Crippen LogP contribution in [-0.2, 0) is 0 Å². The lowest BCUT2D eigenvalue weighted by Gasteiger charge is -2.11. The van der Waals surface area contributed by atoms with Crippen molar-refractivity contribution in [1.29, 1.82) is 0 Å². The third-order valence-electron chi connectivity index (χ3n) is 4.35. The van der Waals surface area contributed by atoms with Gasteiger partial charge >= 0.3 is 0 Å². The number of aromatic nitrogens is 2. The largest absolute Gasteiger partial charge is 0.472 e. The Hall–Kier alpha value is -3.33. The van der Waals surface area contributed by atoms with Gasteiger partial charge in [0, 0.05) is 5.39 Å². The Morgan fingerprint density at radius 2 is 1.62 bits per heavy atom. The molecule has 0 fully saturated rings. The Morgan fingerprint density at radius 1 is 0.792 bits per heavy atom. The van der Waals surface area contributed by atoms with Gasteiger partial charge in [-0.1, -0.05) is 48.5 Å². The Morgan fingerprint density at radius 3 is 2.54 bits per heavy atom. The Kier molecular flexibility index (Phi) is 2.79. The molecule has 0 aliphatic heterocycles. The number of fused-ring (bicyclic) bond motifs is 2. The van der Waals surface area contributed by atoms with Crippen LogP contribution >= 0.6 is 0 Å². The van der Waals surface area contributed by atoms with E-state index in [0.717, 1.165) is 28.1 Å². The molecule has 3 heteroatoms. The zero-order chi connectivity index (χ0) is 15.9. The molecule has 0 aliphatic carbocycles. The Labute approximate surface area is 138 Å². The summed E-state index contributed by atoms with van der Waals surface area (Å²) < 4.78 is 7.50. The molecule has 0 amide bonds. The molecular formula is C21H14N2O. The minimum atomic E-state index is 0.890. The summed E-state index contributed by atoms with van der Waals surface area (Å²) in [6, 6.07) is 24.9. The van der Waals surface area contributed by atoms with Crippen LogP contribution in [0.25, 0.3) is 38.9 Å². The number of benzene rings is 3. The normalized spacial score (nSPS) is 11.3. The molecule has 0 radical (unpaired) electrons. The maximum atomic E-state index is 5.29. The predicted molar refractivity (Wildman–Crippen MR) is 96.3 cm³/mol. The van der Waals surface area contributed by atoms with Crippen LogP contribution in [0.4, 0.5) is 0 Å². The highest BCUT2D eigenvalue weighted by Crippen LogP contribution is 2.32. The van der Waals surface area contributed by atoms with E-state index in [1.165, 1.54) is 10.8 Å². The van der Waals surface area contributed by atoms with Crippen molar-refractivity contribution >= 4 is 21.8 Å². The third kappa shape index (κ3) is 1.88. The van der Waals surface area contributed by atoms with E-state index in [1.54, 1.807) is 12.5 Å². The molecule has 5 aromatic rings.